The second-order valence-electron chi connectivity index (χ2n) is 3.24. The normalized spacial score (nSPS) is 9.94. The molecule has 0 unspecified atom stereocenters. The molecule has 92 valence electrons. The zero-order chi connectivity index (χ0) is 11.4. The molecule has 1 N–H and O–H groups in total. The van der Waals surface area contributed by atoms with Crippen molar-refractivity contribution in [1.29, 1.82) is 0 Å². The van der Waals surface area contributed by atoms with Gasteiger partial charge in [-0.15, -0.1) is 35.1 Å². The molecular weight excluding hydrogens is 340 g/mol. The molecule has 0 fully saturated rings. The molecule has 17 heavy (non-hydrogen) atoms. The highest BCUT2D eigenvalue weighted by Crippen LogP contribution is 2.27. The first-order valence-corrected chi connectivity index (χ1v) is 7.33. The van der Waals surface area contributed by atoms with Gasteiger partial charge in [-0.1, -0.05) is 28.6 Å². The summed E-state index contributed by atoms with van der Waals surface area (Å²) in [5.41, 5.74) is 1.09. The largest absolute Gasteiger partial charge is 0.307 e. The van der Waals surface area contributed by atoms with E-state index in [0.29, 0.717) is 0 Å². The highest BCUT2D eigenvalue weighted by molar-refractivity contribution is 9.11. The van der Waals surface area contributed by atoms with Gasteiger partial charge in [-0.25, -0.2) is 4.98 Å². The third-order valence-electron chi connectivity index (χ3n) is 1.91. The monoisotopic (exact) mass is 350 g/mol. The van der Waals surface area contributed by atoms with Crippen LogP contribution in [0.4, 0.5) is 0 Å². The van der Waals surface area contributed by atoms with E-state index in [4.69, 9.17) is 0 Å². The highest BCUT2D eigenvalue weighted by atomic mass is 79.9. The number of aromatic nitrogens is 1. The van der Waals surface area contributed by atoms with Gasteiger partial charge < -0.3 is 5.32 Å². The second-order valence-corrected chi connectivity index (χ2v) is 6.17. The lowest BCUT2D eigenvalue weighted by Crippen LogP contribution is -2.14. The predicted molar refractivity (Wildman–Crippen MR) is 82.4 cm³/mol. The van der Waals surface area contributed by atoms with Gasteiger partial charge in [0.1, 0.15) is 5.01 Å². The maximum atomic E-state index is 4.57. The number of hydrogen-bond donors (Lipinski definition) is 1. The molecule has 2 aromatic rings. The van der Waals surface area contributed by atoms with E-state index >= 15 is 0 Å². The fraction of sp³-hybridized carbons (Fsp3) is 0.182. The predicted octanol–water partition coefficient (Wildman–Crippen LogP) is 4.29. The van der Waals surface area contributed by atoms with E-state index in [1.165, 1.54) is 4.88 Å². The molecule has 6 heteroatoms. The minimum atomic E-state index is 0. The molecule has 0 saturated heterocycles. The number of thiophene rings is 1. The minimum absolute atomic E-state index is 0. The van der Waals surface area contributed by atoms with E-state index in [1.807, 2.05) is 6.07 Å². The van der Waals surface area contributed by atoms with Crippen LogP contribution in [0.3, 0.4) is 0 Å². The Morgan fingerprint density at radius 1 is 1.47 bits per heavy atom. The summed E-state index contributed by atoms with van der Waals surface area (Å²) in [7, 11) is 0. The van der Waals surface area contributed by atoms with Crippen molar-refractivity contribution < 1.29 is 0 Å². The smallest absolute Gasteiger partial charge is 0.133 e. The average Bonchev–Trinajstić information content (AvgIpc) is 2.85. The first-order chi connectivity index (χ1) is 7.75. The van der Waals surface area contributed by atoms with Crippen LogP contribution in [0.15, 0.2) is 34.0 Å². The first-order valence-electron chi connectivity index (χ1n) is 4.78. The van der Waals surface area contributed by atoms with Crippen molar-refractivity contribution in [2.24, 2.45) is 0 Å². The zero-order valence-corrected chi connectivity index (χ0v) is 13.0. The number of nitrogens with one attached hydrogen (secondary N) is 1. The molecule has 2 heterocycles. The molecule has 0 spiro atoms. The average molecular weight is 352 g/mol. The lowest BCUT2D eigenvalue weighted by molar-refractivity contribution is 0.743. The van der Waals surface area contributed by atoms with Gasteiger partial charge in [0.15, 0.2) is 0 Å². The number of nitrogens with zero attached hydrogens (tertiary/aromatic N) is 1. The van der Waals surface area contributed by atoms with Gasteiger partial charge in [0, 0.05) is 23.0 Å². The Hall–Kier alpha value is -0.200. The van der Waals surface area contributed by atoms with E-state index in [-0.39, 0.29) is 12.4 Å². The maximum Gasteiger partial charge on any atom is 0.133 e. The Balaban J connectivity index is 0.00000144. The molecule has 0 saturated carbocycles. The van der Waals surface area contributed by atoms with Crippen molar-refractivity contribution in [2.45, 2.75) is 6.54 Å². The summed E-state index contributed by atoms with van der Waals surface area (Å²) >= 11 is 6.73. The molecule has 0 aliphatic carbocycles. The van der Waals surface area contributed by atoms with E-state index in [2.05, 4.69) is 49.6 Å². The van der Waals surface area contributed by atoms with Crippen LogP contribution in [0.25, 0.3) is 9.88 Å². The van der Waals surface area contributed by atoms with Crippen molar-refractivity contribution in [3.8, 4) is 9.88 Å². The van der Waals surface area contributed by atoms with Crippen LogP contribution >= 0.6 is 51.0 Å². The third-order valence-corrected chi connectivity index (χ3v) is 4.12. The van der Waals surface area contributed by atoms with Crippen molar-refractivity contribution >= 4 is 51.0 Å². The second kappa shape index (κ2) is 7.28. The Morgan fingerprint density at radius 3 is 2.94 bits per heavy atom. The van der Waals surface area contributed by atoms with Crippen molar-refractivity contribution in [2.75, 3.05) is 6.54 Å². The third kappa shape index (κ3) is 4.52. The van der Waals surface area contributed by atoms with Crippen molar-refractivity contribution in [1.82, 2.24) is 10.3 Å². The molecule has 0 radical (unpaired) electrons. The number of thiazole rings is 1. The van der Waals surface area contributed by atoms with Crippen LogP contribution in [-0.4, -0.2) is 11.5 Å². The van der Waals surface area contributed by atoms with Crippen LogP contribution in [0, 0.1) is 0 Å². The number of hydrogen-bond acceptors (Lipinski definition) is 4. The molecule has 0 amide bonds. The van der Waals surface area contributed by atoms with Crippen molar-refractivity contribution in [3.05, 3.63) is 39.6 Å². The Labute approximate surface area is 123 Å². The molecule has 2 aromatic heterocycles. The SMILES string of the molecule is C=C(Br)CNCc1csc(-c2cccs2)n1.Cl. The molecule has 0 aromatic carbocycles. The summed E-state index contributed by atoms with van der Waals surface area (Å²) in [6, 6.07) is 4.15. The Bertz CT molecular complexity index is 468. The quantitative estimate of drug-likeness (QED) is 0.869. The van der Waals surface area contributed by atoms with Crippen LogP contribution in [0.5, 0.6) is 0 Å². The minimum Gasteiger partial charge on any atom is -0.307 e. The van der Waals surface area contributed by atoms with E-state index in [1.54, 1.807) is 22.7 Å². The lowest BCUT2D eigenvalue weighted by Gasteiger charge is -1.99. The molecule has 0 atom stereocenters. The summed E-state index contributed by atoms with van der Waals surface area (Å²) in [6.07, 6.45) is 0. The van der Waals surface area contributed by atoms with Crippen LogP contribution in [0.2, 0.25) is 0 Å². The Kier molecular flexibility index (Phi) is 6.37. The van der Waals surface area contributed by atoms with E-state index < -0.39 is 0 Å². The van der Waals surface area contributed by atoms with E-state index in [9.17, 15) is 0 Å². The Morgan fingerprint density at radius 2 is 2.29 bits per heavy atom. The van der Waals surface area contributed by atoms with Gasteiger partial charge >= 0.3 is 0 Å². The van der Waals surface area contributed by atoms with Crippen molar-refractivity contribution in [3.63, 3.8) is 0 Å². The topological polar surface area (TPSA) is 24.9 Å². The number of rotatable bonds is 5. The van der Waals surface area contributed by atoms with Crippen LogP contribution in [-0.2, 0) is 6.54 Å². The maximum absolute atomic E-state index is 4.57. The van der Waals surface area contributed by atoms with Gasteiger partial charge in [0.05, 0.1) is 10.6 Å². The summed E-state index contributed by atoms with van der Waals surface area (Å²) in [5, 5.41) is 8.53. The van der Waals surface area contributed by atoms with Crippen LogP contribution < -0.4 is 5.32 Å². The van der Waals surface area contributed by atoms with Gasteiger partial charge in [-0.2, -0.15) is 0 Å². The summed E-state index contributed by atoms with van der Waals surface area (Å²) in [4.78, 5) is 5.81. The molecule has 0 aliphatic rings. The highest BCUT2D eigenvalue weighted by Gasteiger charge is 2.04. The first kappa shape index (κ1) is 14.9. The zero-order valence-electron chi connectivity index (χ0n) is 8.98. The molecule has 0 aliphatic heterocycles. The van der Waals surface area contributed by atoms with Crippen LogP contribution in [0.1, 0.15) is 5.69 Å². The standard InChI is InChI=1S/C11H11BrN2S2.ClH/c1-8(12)5-13-6-9-7-16-11(14-9)10-3-2-4-15-10;/h2-4,7,13H,1,5-6H2;1H. The lowest BCUT2D eigenvalue weighted by atomic mass is 10.4. The summed E-state index contributed by atoms with van der Waals surface area (Å²) in [6.45, 7) is 5.32. The molecule has 2 nitrogen and oxygen atoms in total. The van der Waals surface area contributed by atoms with Gasteiger partial charge in [0.2, 0.25) is 0 Å². The van der Waals surface area contributed by atoms with Gasteiger partial charge in [-0.05, 0) is 11.4 Å². The molecule has 2 rings (SSSR count). The summed E-state index contributed by atoms with van der Waals surface area (Å²) < 4.78 is 0.959. The van der Waals surface area contributed by atoms with Gasteiger partial charge in [-0.3, -0.25) is 0 Å². The van der Waals surface area contributed by atoms with Gasteiger partial charge in [0.25, 0.3) is 0 Å². The summed E-state index contributed by atoms with van der Waals surface area (Å²) in [5.74, 6) is 0. The van der Waals surface area contributed by atoms with E-state index in [0.717, 1.165) is 28.3 Å². The fourth-order valence-corrected chi connectivity index (χ4v) is 3.06. The fourth-order valence-electron chi connectivity index (χ4n) is 1.23. The molecular formula is C11H12BrClN2S2. The number of halogens is 2. The molecule has 0 bridgehead atoms.